The smallest absolute Gasteiger partial charge is 0.417 e. The number of aromatic nitrogens is 4. The zero-order valence-corrected chi connectivity index (χ0v) is 43.4. The first kappa shape index (κ1) is 53.7. The number of aliphatic hydroxyl groups is 1. The minimum atomic E-state index is -4.79. The molecule has 3 amide bonds. The van der Waals surface area contributed by atoms with Crippen molar-refractivity contribution in [3.8, 4) is 27.7 Å². The summed E-state index contributed by atoms with van der Waals surface area (Å²) in [5.74, 6) is -1.85. The summed E-state index contributed by atoms with van der Waals surface area (Å²) in [6, 6.07) is 9.23. The van der Waals surface area contributed by atoms with Gasteiger partial charge in [0.1, 0.15) is 35.7 Å². The molecule has 17 nitrogen and oxygen atoms in total. The number of halogens is 4. The van der Waals surface area contributed by atoms with Crippen molar-refractivity contribution >= 4 is 51.5 Å². The summed E-state index contributed by atoms with van der Waals surface area (Å²) in [5.41, 5.74) is 7.56. The second-order valence-corrected chi connectivity index (χ2v) is 22.0. The van der Waals surface area contributed by atoms with Gasteiger partial charge in [0.15, 0.2) is 5.82 Å². The molecule has 0 aliphatic carbocycles. The van der Waals surface area contributed by atoms with Crippen molar-refractivity contribution in [2.75, 3.05) is 63.2 Å². The maximum absolute atomic E-state index is 16.6. The van der Waals surface area contributed by atoms with Gasteiger partial charge in [0.05, 0.1) is 39.7 Å². The summed E-state index contributed by atoms with van der Waals surface area (Å²) < 4.78 is 71.2. The molecule has 402 valence electrons. The summed E-state index contributed by atoms with van der Waals surface area (Å²) >= 11 is 1.56. The summed E-state index contributed by atoms with van der Waals surface area (Å²) in [4.78, 5) is 65.5. The number of anilines is 2. The molecule has 2 bridgehead atoms. The first-order valence-electron chi connectivity index (χ1n) is 25.6. The Morgan fingerprint density at radius 3 is 2.47 bits per heavy atom. The average molecular weight is 1060 g/mol. The van der Waals surface area contributed by atoms with Gasteiger partial charge in [-0.2, -0.15) is 23.1 Å². The summed E-state index contributed by atoms with van der Waals surface area (Å²) in [6.07, 6.45) is 0.0342. The van der Waals surface area contributed by atoms with Gasteiger partial charge < -0.3 is 46.1 Å². The maximum Gasteiger partial charge on any atom is 0.417 e. The van der Waals surface area contributed by atoms with Crippen molar-refractivity contribution in [3.05, 3.63) is 76.8 Å². The van der Waals surface area contributed by atoms with Gasteiger partial charge in [-0.15, -0.1) is 11.3 Å². The molecule has 4 aliphatic heterocycles. The lowest BCUT2D eigenvalue weighted by Crippen LogP contribution is -2.57. The number of pyridine rings is 1. The Morgan fingerprint density at radius 2 is 1.76 bits per heavy atom. The number of fused-ring (bicyclic) bond motifs is 3. The number of hydrogen-bond donors (Lipinski definition) is 5. The number of benzene rings is 2. The van der Waals surface area contributed by atoms with Gasteiger partial charge in [-0.3, -0.25) is 24.3 Å². The van der Waals surface area contributed by atoms with Crippen molar-refractivity contribution < 1.29 is 46.5 Å². The van der Waals surface area contributed by atoms with E-state index in [0.717, 1.165) is 72.1 Å². The van der Waals surface area contributed by atoms with Crippen molar-refractivity contribution in [2.24, 2.45) is 5.41 Å². The van der Waals surface area contributed by atoms with Crippen molar-refractivity contribution in [1.29, 1.82) is 0 Å². The van der Waals surface area contributed by atoms with E-state index in [0.29, 0.717) is 38.5 Å². The van der Waals surface area contributed by atoms with E-state index in [4.69, 9.17) is 20.2 Å². The summed E-state index contributed by atoms with van der Waals surface area (Å²) in [6.45, 7) is 11.0. The molecule has 6 N–H and O–H groups in total. The zero-order valence-electron chi connectivity index (χ0n) is 42.6. The number of piperazine rings is 1. The number of nitrogens with zero attached hydrogens (tertiary/aromatic N) is 7. The standard InChI is InChI=1S/C53H65F4N11O6S/c1-30-46(75-29-61-30)32-10-8-31(9-11-32)23-60-49(71)41-22-37(69)27-68(41)50(72)47(52(2,3)4)63-42(70)16-20-73-19-6-18-66-17-5-7-36(66)28-74-51-64-45-39(48(65-51)67-25-34-13-14-35(26-67)62-34)24-59-44(43(45)54)38-21-33(58)12-15-40(38)53(55,56)57/h8-12,15,21,24,29,34-37,41,47,62,69H,5-7,13-14,16-20,22-23,25-28,58H2,1-4H3,(H,60,71)(H,63,70)/t34?,35?,36-,37-,41+,47-/m0/s1. The Bertz CT molecular complexity index is 2850. The Hall–Kier alpha value is -6.07. The number of carbonyl (C=O) groups excluding carboxylic acids is 3. The first-order valence-corrected chi connectivity index (χ1v) is 26.5. The van der Waals surface area contributed by atoms with Crippen LogP contribution in [0.5, 0.6) is 6.01 Å². The number of hydrogen-bond acceptors (Lipinski definition) is 15. The van der Waals surface area contributed by atoms with Crippen molar-refractivity contribution in [3.63, 3.8) is 0 Å². The van der Waals surface area contributed by atoms with Crippen LogP contribution in [0.1, 0.15) is 82.5 Å². The van der Waals surface area contributed by atoms with Gasteiger partial charge >= 0.3 is 12.2 Å². The highest BCUT2D eigenvalue weighted by molar-refractivity contribution is 7.13. The molecule has 2 unspecified atom stereocenters. The molecule has 22 heteroatoms. The number of nitrogen functional groups attached to an aromatic ring is 1. The molecule has 2 aromatic carbocycles. The number of rotatable bonds is 18. The van der Waals surface area contributed by atoms with E-state index >= 15 is 4.39 Å². The Morgan fingerprint density at radius 1 is 1.00 bits per heavy atom. The minimum Gasteiger partial charge on any atom is -0.462 e. The fourth-order valence-electron chi connectivity index (χ4n) is 10.7. The van der Waals surface area contributed by atoms with E-state index in [1.54, 1.807) is 16.8 Å². The maximum atomic E-state index is 16.6. The molecule has 3 aromatic heterocycles. The summed E-state index contributed by atoms with van der Waals surface area (Å²) in [7, 11) is 0. The fraction of sp³-hybridized carbons (Fsp3) is 0.528. The predicted octanol–water partition coefficient (Wildman–Crippen LogP) is 6.25. The highest BCUT2D eigenvalue weighted by atomic mass is 32.1. The van der Waals surface area contributed by atoms with E-state index in [9.17, 15) is 32.7 Å². The van der Waals surface area contributed by atoms with Gasteiger partial charge in [0.2, 0.25) is 17.7 Å². The molecule has 0 saturated carbocycles. The molecule has 0 spiro atoms. The number of nitrogens with one attached hydrogen (secondary N) is 3. The van der Waals surface area contributed by atoms with E-state index in [1.807, 2.05) is 56.9 Å². The number of β-amino-alcohol motifs (C(OH)–C–C–N with tert-alkyl or cyclic N) is 1. The normalized spacial score (nSPS) is 21.5. The Balaban J connectivity index is 0.767. The number of carbonyl (C=O) groups is 3. The molecule has 7 heterocycles. The van der Waals surface area contributed by atoms with Crippen LogP contribution in [0, 0.1) is 18.2 Å². The fourth-order valence-corrected chi connectivity index (χ4v) is 11.5. The Labute approximate surface area is 437 Å². The van der Waals surface area contributed by atoms with Crippen LogP contribution in [0.4, 0.5) is 29.1 Å². The van der Waals surface area contributed by atoms with Crippen LogP contribution in [0.2, 0.25) is 0 Å². The van der Waals surface area contributed by atoms with Crippen molar-refractivity contribution in [1.82, 2.24) is 45.7 Å². The van der Waals surface area contributed by atoms with Gasteiger partial charge in [-0.25, -0.2) is 9.37 Å². The Kier molecular flexibility index (Phi) is 16.2. The largest absolute Gasteiger partial charge is 0.462 e. The SMILES string of the molecule is Cc1ncsc1-c1ccc(CNC(=O)[C@H]2C[C@H](O)CN2C(=O)[C@H](NC(=O)CCOCCCN2CCC[C@H]2COc2nc(N3CC4CCC(C3)N4)c3cnc(-c4cc(N)ccc4C(F)(F)F)c(F)c3n2)C(C)(C)C)cc1. The highest BCUT2D eigenvalue weighted by Gasteiger charge is 2.45. The van der Waals surface area contributed by atoms with Crippen LogP contribution in [0.15, 0.2) is 54.2 Å². The molecule has 4 fully saturated rings. The third kappa shape index (κ3) is 12.5. The number of likely N-dealkylation sites (tertiary alicyclic amines) is 2. The van der Waals surface area contributed by atoms with Crippen LogP contribution < -0.4 is 31.3 Å². The molecule has 0 radical (unpaired) electrons. The quantitative estimate of drug-likeness (QED) is 0.0373. The van der Waals surface area contributed by atoms with E-state index < -0.39 is 58.3 Å². The van der Waals surface area contributed by atoms with Crippen LogP contribution >= 0.6 is 11.3 Å². The molecular formula is C53H65F4N11O6S. The molecule has 4 saturated heterocycles. The number of thiazole rings is 1. The minimum absolute atomic E-state index is 0.00200. The van der Waals surface area contributed by atoms with E-state index in [2.05, 4.69) is 35.8 Å². The third-order valence-electron chi connectivity index (χ3n) is 14.6. The molecule has 6 atom stereocenters. The molecule has 75 heavy (non-hydrogen) atoms. The van der Waals surface area contributed by atoms with Gasteiger partial charge in [0, 0.05) is 87.7 Å². The molecule has 5 aromatic rings. The number of alkyl halides is 3. The number of amides is 3. The van der Waals surface area contributed by atoms with Crippen LogP contribution in [-0.2, 0) is 31.8 Å². The first-order chi connectivity index (χ1) is 35.8. The summed E-state index contributed by atoms with van der Waals surface area (Å²) in [5, 5.41) is 20.3. The second kappa shape index (κ2) is 22.6. The van der Waals surface area contributed by atoms with E-state index in [-0.39, 0.29) is 91.7 Å². The van der Waals surface area contributed by atoms with Gasteiger partial charge in [0.25, 0.3) is 0 Å². The lowest BCUT2D eigenvalue weighted by atomic mass is 9.85. The average Bonchev–Trinajstić information content (AvgIpc) is 4.19. The van der Waals surface area contributed by atoms with Gasteiger partial charge in [-0.1, -0.05) is 45.0 Å². The number of nitrogens with two attached hydrogens (primary N) is 1. The van der Waals surface area contributed by atoms with Crippen LogP contribution in [0.3, 0.4) is 0 Å². The third-order valence-corrected chi connectivity index (χ3v) is 15.6. The highest BCUT2D eigenvalue weighted by Crippen LogP contribution is 2.41. The van der Waals surface area contributed by atoms with Crippen molar-refractivity contribution in [2.45, 2.75) is 122 Å². The number of aliphatic hydroxyl groups excluding tert-OH is 1. The second-order valence-electron chi connectivity index (χ2n) is 21.2. The van der Waals surface area contributed by atoms with Gasteiger partial charge in [-0.05, 0) is 80.3 Å². The lowest BCUT2D eigenvalue weighted by Gasteiger charge is -2.35. The van der Waals surface area contributed by atoms with Crippen LogP contribution in [-0.4, -0.2) is 141 Å². The topological polar surface area (TPSA) is 213 Å². The zero-order chi connectivity index (χ0) is 53.2. The number of ether oxygens (including phenoxy) is 2. The monoisotopic (exact) mass is 1060 g/mol. The lowest BCUT2D eigenvalue weighted by molar-refractivity contribution is -0.144. The molecular weight excluding hydrogens is 995 g/mol. The van der Waals surface area contributed by atoms with Crippen LogP contribution in [0.25, 0.3) is 32.6 Å². The van der Waals surface area contributed by atoms with E-state index in [1.165, 1.54) is 11.1 Å². The number of aryl methyl sites for hydroxylation is 1. The molecule has 9 rings (SSSR count). The molecule has 4 aliphatic rings. The predicted molar refractivity (Wildman–Crippen MR) is 276 cm³/mol.